The molecule has 110 valence electrons. The molecule has 0 radical (unpaired) electrons. The lowest BCUT2D eigenvalue weighted by Crippen LogP contribution is -2.13. The molecule has 0 aliphatic heterocycles. The van der Waals surface area contributed by atoms with Gasteiger partial charge in [-0.2, -0.15) is 18.3 Å². The number of nitro groups is 1. The number of aromatic amines is 1. The number of halogens is 3. The van der Waals surface area contributed by atoms with Crippen molar-refractivity contribution in [1.82, 2.24) is 10.2 Å². The minimum Gasteiger partial charge on any atom is -0.316 e. The molecule has 0 aliphatic rings. The van der Waals surface area contributed by atoms with Gasteiger partial charge in [0.25, 0.3) is 11.6 Å². The van der Waals surface area contributed by atoms with Crippen molar-refractivity contribution < 1.29 is 22.9 Å². The second-order valence-electron chi connectivity index (χ2n) is 3.93. The third kappa shape index (κ3) is 3.16. The van der Waals surface area contributed by atoms with Gasteiger partial charge in [0.2, 0.25) is 0 Å². The van der Waals surface area contributed by atoms with Crippen LogP contribution in [0.3, 0.4) is 0 Å². The van der Waals surface area contributed by atoms with E-state index in [0.717, 1.165) is 6.07 Å². The number of hydrogen-bond acceptors (Lipinski definition) is 4. The van der Waals surface area contributed by atoms with Crippen LogP contribution in [0.25, 0.3) is 0 Å². The van der Waals surface area contributed by atoms with Crippen molar-refractivity contribution in [3.8, 4) is 0 Å². The maximum Gasteiger partial charge on any atom is 0.416 e. The molecule has 0 saturated heterocycles. The Morgan fingerprint density at radius 2 is 2.10 bits per heavy atom. The average molecular weight is 300 g/mol. The summed E-state index contributed by atoms with van der Waals surface area (Å²) < 4.78 is 37.6. The fraction of sp³-hybridized carbons (Fsp3) is 0.0909. The summed E-state index contributed by atoms with van der Waals surface area (Å²) in [6.07, 6.45) is -2.30. The van der Waals surface area contributed by atoms with E-state index in [1.54, 1.807) is 0 Å². The Bertz CT molecular complexity index is 683. The highest BCUT2D eigenvalue weighted by Crippen LogP contribution is 2.35. The maximum absolute atomic E-state index is 12.5. The highest BCUT2D eigenvalue weighted by molar-refractivity contribution is 6.05. The van der Waals surface area contributed by atoms with Crippen molar-refractivity contribution in [1.29, 1.82) is 0 Å². The van der Waals surface area contributed by atoms with Gasteiger partial charge in [0.15, 0.2) is 0 Å². The summed E-state index contributed by atoms with van der Waals surface area (Å²) in [6, 6.07) is 1.85. The van der Waals surface area contributed by atoms with Gasteiger partial charge in [-0.3, -0.25) is 20.0 Å². The number of benzene rings is 1. The number of alkyl halides is 3. The molecule has 2 aromatic rings. The molecule has 1 amide bonds. The maximum atomic E-state index is 12.5. The summed E-state index contributed by atoms with van der Waals surface area (Å²) >= 11 is 0. The van der Waals surface area contributed by atoms with Crippen LogP contribution in [-0.2, 0) is 6.18 Å². The SMILES string of the molecule is O=C(Nc1ccc(C(F)(F)F)cc1[N+](=O)[O-])c1cn[nH]c1. The van der Waals surface area contributed by atoms with Crippen LogP contribution in [-0.4, -0.2) is 21.0 Å². The second-order valence-corrected chi connectivity index (χ2v) is 3.93. The predicted octanol–water partition coefficient (Wildman–Crippen LogP) is 2.59. The molecule has 0 atom stereocenters. The van der Waals surface area contributed by atoms with Crippen molar-refractivity contribution in [3.63, 3.8) is 0 Å². The average Bonchev–Trinajstić information content (AvgIpc) is 2.91. The number of anilines is 1. The third-order valence-electron chi connectivity index (χ3n) is 2.53. The molecule has 0 saturated carbocycles. The van der Waals surface area contributed by atoms with E-state index >= 15 is 0 Å². The molecule has 0 spiro atoms. The van der Waals surface area contributed by atoms with Gasteiger partial charge in [-0.1, -0.05) is 0 Å². The zero-order chi connectivity index (χ0) is 15.6. The number of nitro benzene ring substituents is 1. The van der Waals surface area contributed by atoms with Crippen LogP contribution in [0.2, 0.25) is 0 Å². The minimum absolute atomic E-state index is 0.0872. The molecule has 1 aromatic carbocycles. The van der Waals surface area contributed by atoms with Crippen molar-refractivity contribution in [2.24, 2.45) is 0 Å². The van der Waals surface area contributed by atoms with Gasteiger partial charge in [0, 0.05) is 12.3 Å². The van der Waals surface area contributed by atoms with Crippen LogP contribution in [0.15, 0.2) is 30.6 Å². The van der Waals surface area contributed by atoms with Crippen LogP contribution in [0.5, 0.6) is 0 Å². The Morgan fingerprint density at radius 3 is 2.62 bits per heavy atom. The summed E-state index contributed by atoms with van der Waals surface area (Å²) in [6.45, 7) is 0. The number of hydrogen-bond donors (Lipinski definition) is 2. The standard InChI is InChI=1S/C11H7F3N4O3/c12-11(13,14)7-1-2-8(9(3-7)18(20)21)17-10(19)6-4-15-16-5-6/h1-5H,(H,15,16)(H,17,19). The van der Waals surface area contributed by atoms with Crippen molar-refractivity contribution >= 4 is 17.3 Å². The van der Waals surface area contributed by atoms with Crippen LogP contribution in [0.4, 0.5) is 24.5 Å². The van der Waals surface area contributed by atoms with Gasteiger partial charge in [0.1, 0.15) is 5.69 Å². The number of aromatic nitrogens is 2. The Hall–Kier alpha value is -2.91. The zero-order valence-electron chi connectivity index (χ0n) is 10.1. The number of nitrogens with one attached hydrogen (secondary N) is 2. The molecule has 0 unspecified atom stereocenters. The first kappa shape index (κ1) is 14.5. The van der Waals surface area contributed by atoms with E-state index in [4.69, 9.17) is 0 Å². The zero-order valence-corrected chi connectivity index (χ0v) is 10.1. The van der Waals surface area contributed by atoms with Crippen LogP contribution < -0.4 is 5.32 Å². The van der Waals surface area contributed by atoms with E-state index in [1.165, 1.54) is 12.4 Å². The van der Waals surface area contributed by atoms with Crippen molar-refractivity contribution in [2.75, 3.05) is 5.32 Å². The largest absolute Gasteiger partial charge is 0.416 e. The Kier molecular flexibility index (Phi) is 3.61. The molecule has 1 aromatic heterocycles. The number of carbonyl (C=O) groups excluding carboxylic acids is 1. The summed E-state index contributed by atoms with van der Waals surface area (Å²) in [4.78, 5) is 21.6. The number of H-pyrrole nitrogens is 1. The van der Waals surface area contributed by atoms with E-state index in [9.17, 15) is 28.1 Å². The molecule has 21 heavy (non-hydrogen) atoms. The highest BCUT2D eigenvalue weighted by atomic mass is 19.4. The quantitative estimate of drug-likeness (QED) is 0.672. The van der Waals surface area contributed by atoms with Crippen LogP contribution in [0, 0.1) is 10.1 Å². The Morgan fingerprint density at radius 1 is 1.38 bits per heavy atom. The summed E-state index contributed by atoms with van der Waals surface area (Å²) in [5.41, 5.74) is -2.26. The Labute approximate surface area is 114 Å². The van der Waals surface area contributed by atoms with Gasteiger partial charge < -0.3 is 5.32 Å². The molecule has 7 nitrogen and oxygen atoms in total. The van der Waals surface area contributed by atoms with E-state index < -0.39 is 28.3 Å². The number of amides is 1. The molecule has 0 fully saturated rings. The number of rotatable bonds is 3. The van der Waals surface area contributed by atoms with Crippen molar-refractivity contribution in [2.45, 2.75) is 6.18 Å². The molecule has 1 heterocycles. The van der Waals surface area contributed by atoms with Crippen LogP contribution in [0.1, 0.15) is 15.9 Å². The minimum atomic E-state index is -4.71. The summed E-state index contributed by atoms with van der Waals surface area (Å²) in [7, 11) is 0. The summed E-state index contributed by atoms with van der Waals surface area (Å²) in [5.74, 6) is -0.730. The van der Waals surface area contributed by atoms with Crippen molar-refractivity contribution in [3.05, 3.63) is 51.8 Å². The summed E-state index contributed by atoms with van der Waals surface area (Å²) in [5, 5.41) is 18.9. The molecule has 0 bridgehead atoms. The first-order chi connectivity index (χ1) is 9.79. The second kappa shape index (κ2) is 5.23. The lowest BCUT2D eigenvalue weighted by Gasteiger charge is -2.09. The van der Waals surface area contributed by atoms with E-state index in [0.29, 0.717) is 12.1 Å². The molecule has 0 aliphatic carbocycles. The Balaban J connectivity index is 2.35. The van der Waals surface area contributed by atoms with Gasteiger partial charge in [-0.15, -0.1) is 0 Å². The fourth-order valence-corrected chi connectivity index (χ4v) is 1.53. The van der Waals surface area contributed by atoms with E-state index in [1.807, 2.05) is 0 Å². The monoisotopic (exact) mass is 300 g/mol. The lowest BCUT2D eigenvalue weighted by atomic mass is 10.1. The van der Waals surface area contributed by atoms with E-state index in [-0.39, 0.29) is 11.3 Å². The molecular formula is C11H7F3N4O3. The highest BCUT2D eigenvalue weighted by Gasteiger charge is 2.33. The fourth-order valence-electron chi connectivity index (χ4n) is 1.53. The van der Waals surface area contributed by atoms with Gasteiger partial charge in [0.05, 0.1) is 22.2 Å². The lowest BCUT2D eigenvalue weighted by molar-refractivity contribution is -0.384. The smallest absolute Gasteiger partial charge is 0.316 e. The number of carbonyl (C=O) groups is 1. The first-order valence-corrected chi connectivity index (χ1v) is 5.45. The molecule has 10 heteroatoms. The first-order valence-electron chi connectivity index (χ1n) is 5.45. The number of nitrogens with zero attached hydrogens (tertiary/aromatic N) is 2. The van der Waals surface area contributed by atoms with E-state index in [2.05, 4.69) is 15.5 Å². The van der Waals surface area contributed by atoms with Gasteiger partial charge in [-0.05, 0) is 12.1 Å². The van der Waals surface area contributed by atoms with Crippen LogP contribution >= 0.6 is 0 Å². The van der Waals surface area contributed by atoms with Gasteiger partial charge in [-0.25, -0.2) is 0 Å². The molecule has 2 N–H and O–H groups in total. The molecule has 2 rings (SSSR count). The topological polar surface area (TPSA) is 101 Å². The predicted molar refractivity (Wildman–Crippen MR) is 64.6 cm³/mol. The normalized spacial score (nSPS) is 11.2. The third-order valence-corrected chi connectivity index (χ3v) is 2.53. The molecular weight excluding hydrogens is 293 g/mol. The van der Waals surface area contributed by atoms with Gasteiger partial charge >= 0.3 is 6.18 Å².